The summed E-state index contributed by atoms with van der Waals surface area (Å²) in [5, 5.41) is 7.51. The minimum absolute atomic E-state index is 0.470. The molecular weight excluding hydrogens is 240 g/mol. The predicted molar refractivity (Wildman–Crippen MR) is 73.1 cm³/mol. The Morgan fingerprint density at radius 3 is 2.74 bits per heavy atom. The molecule has 2 saturated heterocycles. The molecule has 1 aromatic heterocycles. The van der Waals surface area contributed by atoms with Gasteiger partial charge in [-0.3, -0.25) is 0 Å². The van der Waals surface area contributed by atoms with Crippen molar-refractivity contribution < 1.29 is 4.52 Å². The lowest BCUT2D eigenvalue weighted by molar-refractivity contribution is 0.229. The molecule has 2 aliphatic rings. The highest BCUT2D eigenvalue weighted by Crippen LogP contribution is 2.23. The predicted octanol–water partition coefficient (Wildman–Crippen LogP) is 1.56. The van der Waals surface area contributed by atoms with Crippen molar-refractivity contribution in [2.24, 2.45) is 0 Å². The highest BCUT2D eigenvalue weighted by atomic mass is 16.5. The first-order valence-corrected chi connectivity index (χ1v) is 7.67. The van der Waals surface area contributed by atoms with Crippen LogP contribution in [0.4, 0.5) is 0 Å². The average Bonchev–Trinajstić information content (AvgIpc) is 2.96. The molecule has 19 heavy (non-hydrogen) atoms. The molecule has 0 atom stereocenters. The molecule has 0 spiro atoms. The second-order valence-corrected chi connectivity index (χ2v) is 5.73. The van der Waals surface area contributed by atoms with Gasteiger partial charge >= 0.3 is 0 Å². The number of piperidine rings is 2. The Balaban J connectivity index is 1.49. The summed E-state index contributed by atoms with van der Waals surface area (Å²) >= 11 is 0. The number of likely N-dealkylation sites (tertiary alicyclic amines) is 1. The van der Waals surface area contributed by atoms with E-state index in [0.717, 1.165) is 50.6 Å². The first-order valence-electron chi connectivity index (χ1n) is 7.67. The molecular formula is C14H24N4O. The zero-order valence-electron chi connectivity index (χ0n) is 11.6. The Labute approximate surface area is 114 Å². The van der Waals surface area contributed by atoms with Crippen LogP contribution in [-0.4, -0.2) is 47.8 Å². The van der Waals surface area contributed by atoms with Gasteiger partial charge in [-0.15, -0.1) is 0 Å². The molecule has 5 heteroatoms. The minimum Gasteiger partial charge on any atom is -0.339 e. The smallest absolute Gasteiger partial charge is 0.229 e. The van der Waals surface area contributed by atoms with Crippen molar-refractivity contribution >= 4 is 0 Å². The third kappa shape index (κ3) is 3.54. The third-order valence-corrected chi connectivity index (χ3v) is 4.27. The van der Waals surface area contributed by atoms with Crippen molar-refractivity contribution in [2.45, 2.75) is 44.4 Å². The molecule has 3 heterocycles. The summed E-state index contributed by atoms with van der Waals surface area (Å²) < 4.78 is 5.44. The molecule has 0 radical (unpaired) electrons. The van der Waals surface area contributed by atoms with Gasteiger partial charge < -0.3 is 14.7 Å². The maximum atomic E-state index is 5.44. The van der Waals surface area contributed by atoms with Gasteiger partial charge in [-0.2, -0.15) is 4.98 Å². The molecule has 0 aliphatic carbocycles. The molecule has 0 saturated carbocycles. The number of hydrogen-bond donors (Lipinski definition) is 1. The quantitative estimate of drug-likeness (QED) is 0.894. The van der Waals surface area contributed by atoms with E-state index in [1.54, 1.807) is 0 Å². The van der Waals surface area contributed by atoms with Gasteiger partial charge in [-0.25, -0.2) is 0 Å². The second kappa shape index (κ2) is 6.48. The fourth-order valence-electron chi connectivity index (χ4n) is 3.04. The monoisotopic (exact) mass is 264 g/mol. The van der Waals surface area contributed by atoms with Gasteiger partial charge in [0.25, 0.3) is 0 Å². The van der Waals surface area contributed by atoms with Crippen LogP contribution in [0, 0.1) is 0 Å². The Hall–Kier alpha value is -0.940. The van der Waals surface area contributed by atoms with E-state index in [1.165, 1.54) is 32.4 Å². The summed E-state index contributed by atoms with van der Waals surface area (Å²) in [7, 11) is 0. The van der Waals surface area contributed by atoms with Crippen LogP contribution in [0.2, 0.25) is 0 Å². The highest BCUT2D eigenvalue weighted by Gasteiger charge is 2.21. The van der Waals surface area contributed by atoms with Gasteiger partial charge in [0, 0.05) is 18.9 Å². The summed E-state index contributed by atoms with van der Waals surface area (Å²) in [6, 6.07) is 0. The first-order chi connectivity index (χ1) is 9.42. The lowest BCUT2D eigenvalue weighted by atomic mass is 9.98. The molecule has 5 nitrogen and oxygen atoms in total. The summed E-state index contributed by atoms with van der Waals surface area (Å²) in [5.41, 5.74) is 0. The molecule has 2 aliphatic heterocycles. The Morgan fingerprint density at radius 1 is 1.16 bits per heavy atom. The van der Waals surface area contributed by atoms with Crippen LogP contribution in [0.15, 0.2) is 4.52 Å². The number of hydrogen-bond acceptors (Lipinski definition) is 5. The van der Waals surface area contributed by atoms with Crippen LogP contribution in [0.25, 0.3) is 0 Å². The zero-order valence-corrected chi connectivity index (χ0v) is 11.6. The van der Waals surface area contributed by atoms with E-state index in [4.69, 9.17) is 4.52 Å². The lowest BCUT2D eigenvalue weighted by Gasteiger charge is -2.25. The van der Waals surface area contributed by atoms with Crippen LogP contribution < -0.4 is 5.32 Å². The molecule has 0 bridgehead atoms. The van der Waals surface area contributed by atoms with Gasteiger partial charge in [0.15, 0.2) is 5.82 Å². The van der Waals surface area contributed by atoms with E-state index in [1.807, 2.05) is 0 Å². The normalized spacial score (nSPS) is 22.7. The first kappa shape index (κ1) is 13.1. The molecule has 0 amide bonds. The highest BCUT2D eigenvalue weighted by molar-refractivity contribution is 4.96. The number of nitrogens with one attached hydrogen (secondary N) is 1. The van der Waals surface area contributed by atoms with E-state index in [-0.39, 0.29) is 0 Å². The number of aromatic nitrogens is 2. The lowest BCUT2D eigenvalue weighted by Crippen LogP contribution is -2.31. The summed E-state index contributed by atoms with van der Waals surface area (Å²) in [6.07, 6.45) is 7.23. The summed E-state index contributed by atoms with van der Waals surface area (Å²) in [4.78, 5) is 7.10. The summed E-state index contributed by atoms with van der Waals surface area (Å²) in [6.45, 7) is 5.68. The van der Waals surface area contributed by atoms with E-state index in [2.05, 4.69) is 20.4 Å². The van der Waals surface area contributed by atoms with Crippen molar-refractivity contribution in [2.75, 3.05) is 32.7 Å². The van der Waals surface area contributed by atoms with Crippen LogP contribution in [0.3, 0.4) is 0 Å². The van der Waals surface area contributed by atoms with Crippen molar-refractivity contribution in [1.29, 1.82) is 0 Å². The fraction of sp³-hybridized carbons (Fsp3) is 0.857. The van der Waals surface area contributed by atoms with Gasteiger partial charge in [-0.1, -0.05) is 11.6 Å². The molecule has 1 aromatic rings. The number of nitrogens with zero attached hydrogens (tertiary/aromatic N) is 3. The molecule has 2 fully saturated rings. The maximum absolute atomic E-state index is 5.44. The van der Waals surface area contributed by atoms with Crippen molar-refractivity contribution in [3.05, 3.63) is 11.7 Å². The van der Waals surface area contributed by atoms with E-state index in [0.29, 0.717) is 5.92 Å². The van der Waals surface area contributed by atoms with E-state index in [9.17, 15) is 0 Å². The van der Waals surface area contributed by atoms with Crippen molar-refractivity contribution in [3.8, 4) is 0 Å². The van der Waals surface area contributed by atoms with Crippen LogP contribution in [-0.2, 0) is 6.42 Å². The Kier molecular flexibility index (Phi) is 4.45. The molecule has 1 N–H and O–H groups in total. The van der Waals surface area contributed by atoms with Crippen LogP contribution in [0.5, 0.6) is 0 Å². The third-order valence-electron chi connectivity index (χ3n) is 4.27. The van der Waals surface area contributed by atoms with Gasteiger partial charge in [0.2, 0.25) is 5.89 Å². The van der Waals surface area contributed by atoms with Crippen molar-refractivity contribution in [3.63, 3.8) is 0 Å². The van der Waals surface area contributed by atoms with Gasteiger partial charge in [0.1, 0.15) is 0 Å². The average molecular weight is 264 g/mol. The SMILES string of the molecule is C1CCN(CCc2noc(C3CCNCC3)n2)CC1. The van der Waals surface area contributed by atoms with Crippen LogP contribution >= 0.6 is 0 Å². The second-order valence-electron chi connectivity index (χ2n) is 5.73. The zero-order chi connectivity index (χ0) is 12.9. The largest absolute Gasteiger partial charge is 0.339 e. The minimum atomic E-state index is 0.470. The van der Waals surface area contributed by atoms with Crippen molar-refractivity contribution in [1.82, 2.24) is 20.4 Å². The standard InChI is InChI=1S/C14H24N4O/c1-2-9-18(10-3-1)11-6-13-16-14(19-17-13)12-4-7-15-8-5-12/h12,15H,1-11H2. The van der Waals surface area contributed by atoms with Gasteiger partial charge in [-0.05, 0) is 51.9 Å². The van der Waals surface area contributed by atoms with Gasteiger partial charge in [0.05, 0.1) is 0 Å². The topological polar surface area (TPSA) is 54.2 Å². The Bertz CT molecular complexity index is 381. The molecule has 106 valence electrons. The maximum Gasteiger partial charge on any atom is 0.229 e. The molecule has 0 aromatic carbocycles. The molecule has 0 unspecified atom stereocenters. The molecule has 3 rings (SSSR count). The van der Waals surface area contributed by atoms with E-state index < -0.39 is 0 Å². The number of rotatable bonds is 4. The van der Waals surface area contributed by atoms with E-state index >= 15 is 0 Å². The fourth-order valence-corrected chi connectivity index (χ4v) is 3.04. The summed E-state index contributed by atoms with van der Waals surface area (Å²) in [5.74, 6) is 2.21. The van der Waals surface area contributed by atoms with Crippen LogP contribution in [0.1, 0.15) is 49.7 Å². The Morgan fingerprint density at radius 2 is 1.95 bits per heavy atom.